The number of nitrogens with one attached hydrogen (secondary N) is 1. The van der Waals surface area contributed by atoms with Crippen LogP contribution in [0.4, 0.5) is 0 Å². The molecule has 0 radical (unpaired) electrons. The van der Waals surface area contributed by atoms with Gasteiger partial charge in [-0.25, -0.2) is 0 Å². The fourth-order valence-corrected chi connectivity index (χ4v) is 3.47. The molecule has 26 heavy (non-hydrogen) atoms. The van der Waals surface area contributed by atoms with E-state index in [-0.39, 0.29) is 28.7 Å². The molecule has 8 heteroatoms. The van der Waals surface area contributed by atoms with Gasteiger partial charge in [-0.3, -0.25) is 14.7 Å². The van der Waals surface area contributed by atoms with Gasteiger partial charge in [0.2, 0.25) is 5.91 Å². The highest BCUT2D eigenvalue weighted by molar-refractivity contribution is 14.0. The lowest BCUT2D eigenvalue weighted by molar-refractivity contribution is -0.133. The van der Waals surface area contributed by atoms with Crippen molar-refractivity contribution in [1.82, 2.24) is 20.0 Å². The molecule has 2 rings (SSSR count). The molecule has 1 amide bonds. The first-order chi connectivity index (χ1) is 11.9. The Morgan fingerprint density at radius 1 is 1.04 bits per heavy atom. The summed E-state index contributed by atoms with van der Waals surface area (Å²) in [7, 11) is 1.85. The van der Waals surface area contributed by atoms with Crippen LogP contribution in [0.1, 0.15) is 33.1 Å². The van der Waals surface area contributed by atoms with Crippen molar-refractivity contribution in [2.24, 2.45) is 4.99 Å². The van der Waals surface area contributed by atoms with E-state index in [1.807, 2.05) is 23.7 Å². The first-order valence-electron chi connectivity index (χ1n) is 9.46. The summed E-state index contributed by atoms with van der Waals surface area (Å²) in [6.45, 7) is 11.5. The monoisotopic (exact) mass is 497 g/mol. The maximum Gasteiger partial charge on any atom is 0.236 e. The van der Waals surface area contributed by atoms with Crippen LogP contribution < -0.4 is 5.32 Å². The van der Waals surface area contributed by atoms with Crippen LogP contribution in [-0.2, 0) is 4.79 Å². The van der Waals surface area contributed by atoms with E-state index < -0.39 is 0 Å². The van der Waals surface area contributed by atoms with Gasteiger partial charge >= 0.3 is 0 Å². The van der Waals surface area contributed by atoms with E-state index in [1.165, 1.54) is 6.42 Å². The molecule has 2 aliphatic rings. The number of likely N-dealkylation sites (tertiary alicyclic amines) is 1. The minimum atomic E-state index is 0. The number of guanidine groups is 1. The summed E-state index contributed by atoms with van der Waals surface area (Å²) in [6.07, 6.45) is 5.73. The van der Waals surface area contributed by atoms with Gasteiger partial charge in [0.05, 0.1) is 6.54 Å². The smallest absolute Gasteiger partial charge is 0.236 e. The van der Waals surface area contributed by atoms with Crippen molar-refractivity contribution in [3.8, 4) is 0 Å². The predicted molar refractivity (Wildman–Crippen MR) is 123 cm³/mol. The third-order valence-corrected chi connectivity index (χ3v) is 6.43. The standard InChI is InChI=1S/C18H35N5OS.HI/c1-18(2,25-4)15-20-17(19-3)23-12-10-21(11-13-23)14-16(24)22-8-6-5-7-9-22;/h5-15H2,1-4H3,(H,19,20);1H. The zero-order chi connectivity index (χ0) is 18.3. The number of carbonyl (C=O) groups excluding carboxylic acids is 1. The molecular formula is C18H36IN5OS. The van der Waals surface area contributed by atoms with Crippen LogP contribution in [0.5, 0.6) is 0 Å². The van der Waals surface area contributed by atoms with Crippen molar-refractivity contribution >= 4 is 47.6 Å². The quantitative estimate of drug-likeness (QED) is 0.358. The van der Waals surface area contributed by atoms with E-state index in [4.69, 9.17) is 0 Å². The van der Waals surface area contributed by atoms with Gasteiger partial charge in [-0.05, 0) is 39.4 Å². The number of rotatable bonds is 5. The van der Waals surface area contributed by atoms with E-state index in [9.17, 15) is 4.79 Å². The SMILES string of the molecule is CN=C(NCC(C)(C)SC)N1CCN(CC(=O)N2CCCCC2)CC1.I. The second-order valence-electron chi connectivity index (χ2n) is 7.57. The number of nitrogens with zero attached hydrogens (tertiary/aromatic N) is 4. The van der Waals surface area contributed by atoms with E-state index in [1.54, 1.807) is 0 Å². The number of piperidine rings is 1. The molecule has 2 saturated heterocycles. The molecule has 0 aromatic heterocycles. The highest BCUT2D eigenvalue weighted by atomic mass is 127. The van der Waals surface area contributed by atoms with Crippen molar-refractivity contribution in [3.63, 3.8) is 0 Å². The predicted octanol–water partition coefficient (Wildman–Crippen LogP) is 1.95. The fourth-order valence-electron chi connectivity index (χ4n) is 3.25. The Morgan fingerprint density at radius 2 is 1.65 bits per heavy atom. The third-order valence-electron chi connectivity index (χ3n) is 5.18. The molecule has 152 valence electrons. The average Bonchev–Trinajstić information content (AvgIpc) is 2.64. The van der Waals surface area contributed by atoms with Gasteiger partial charge in [0.1, 0.15) is 0 Å². The molecular weight excluding hydrogens is 461 g/mol. The van der Waals surface area contributed by atoms with Crippen LogP contribution in [0.3, 0.4) is 0 Å². The second kappa shape index (κ2) is 11.6. The molecule has 2 aliphatic heterocycles. The average molecular weight is 497 g/mol. The summed E-state index contributed by atoms with van der Waals surface area (Å²) in [5, 5.41) is 3.50. The number of hydrogen-bond acceptors (Lipinski definition) is 4. The van der Waals surface area contributed by atoms with Crippen molar-refractivity contribution in [2.75, 3.05) is 65.7 Å². The van der Waals surface area contributed by atoms with Gasteiger partial charge in [-0.2, -0.15) is 11.8 Å². The Labute approximate surface area is 180 Å². The zero-order valence-corrected chi connectivity index (χ0v) is 19.9. The molecule has 0 aliphatic carbocycles. The van der Waals surface area contributed by atoms with Crippen molar-refractivity contribution in [2.45, 2.75) is 37.9 Å². The van der Waals surface area contributed by atoms with E-state index in [2.05, 4.69) is 40.2 Å². The molecule has 0 unspecified atom stereocenters. The van der Waals surface area contributed by atoms with Crippen molar-refractivity contribution in [3.05, 3.63) is 0 Å². The summed E-state index contributed by atoms with van der Waals surface area (Å²) in [5.74, 6) is 1.28. The molecule has 2 heterocycles. The molecule has 0 spiro atoms. The number of aliphatic imine (C=N–C) groups is 1. The molecule has 1 N–H and O–H groups in total. The van der Waals surface area contributed by atoms with Crippen LogP contribution in [0, 0.1) is 0 Å². The maximum absolute atomic E-state index is 12.4. The minimum absolute atomic E-state index is 0. The Bertz CT molecular complexity index is 460. The number of carbonyl (C=O) groups is 1. The van der Waals surface area contributed by atoms with Crippen molar-refractivity contribution in [1.29, 1.82) is 0 Å². The molecule has 0 aromatic rings. The highest BCUT2D eigenvalue weighted by Crippen LogP contribution is 2.19. The Hall–Kier alpha value is -0.220. The van der Waals surface area contributed by atoms with Crippen LogP contribution in [0.25, 0.3) is 0 Å². The third kappa shape index (κ3) is 7.42. The van der Waals surface area contributed by atoms with Crippen LogP contribution in [-0.4, -0.2) is 97.0 Å². The minimum Gasteiger partial charge on any atom is -0.355 e. The number of amides is 1. The maximum atomic E-state index is 12.4. The molecule has 0 bridgehead atoms. The first-order valence-corrected chi connectivity index (χ1v) is 10.7. The largest absolute Gasteiger partial charge is 0.355 e. The van der Waals surface area contributed by atoms with Crippen LogP contribution in [0.2, 0.25) is 0 Å². The lowest BCUT2D eigenvalue weighted by atomic mass is 10.1. The lowest BCUT2D eigenvalue weighted by Crippen LogP contribution is -2.55. The number of halogens is 1. The van der Waals surface area contributed by atoms with Crippen molar-refractivity contribution < 1.29 is 4.79 Å². The lowest BCUT2D eigenvalue weighted by Gasteiger charge is -2.38. The second-order valence-corrected chi connectivity index (χ2v) is 9.08. The van der Waals surface area contributed by atoms with Gasteiger partial charge < -0.3 is 15.1 Å². The zero-order valence-electron chi connectivity index (χ0n) is 16.8. The summed E-state index contributed by atoms with van der Waals surface area (Å²) in [4.78, 5) is 23.5. The van der Waals surface area contributed by atoms with Crippen LogP contribution in [0.15, 0.2) is 4.99 Å². The molecule has 2 fully saturated rings. The number of piperazine rings is 1. The van der Waals surface area contributed by atoms with Gasteiger partial charge in [0.25, 0.3) is 0 Å². The summed E-state index contributed by atoms with van der Waals surface area (Å²) in [5.41, 5.74) is 0. The molecule has 0 saturated carbocycles. The number of thioether (sulfide) groups is 1. The normalized spacial score (nSPS) is 19.9. The Balaban J connectivity index is 0.00000338. The van der Waals surface area contributed by atoms with E-state index in [0.29, 0.717) is 12.5 Å². The van der Waals surface area contributed by atoms with Crippen LogP contribution >= 0.6 is 35.7 Å². The summed E-state index contributed by atoms with van der Waals surface area (Å²) < 4.78 is 0.193. The van der Waals surface area contributed by atoms with Gasteiger partial charge in [-0.1, -0.05) is 0 Å². The summed E-state index contributed by atoms with van der Waals surface area (Å²) in [6, 6.07) is 0. The molecule has 0 atom stereocenters. The molecule has 0 aromatic carbocycles. The van der Waals surface area contributed by atoms with E-state index >= 15 is 0 Å². The van der Waals surface area contributed by atoms with Gasteiger partial charge in [-0.15, -0.1) is 24.0 Å². The Morgan fingerprint density at radius 3 is 2.19 bits per heavy atom. The topological polar surface area (TPSA) is 51.2 Å². The highest BCUT2D eigenvalue weighted by Gasteiger charge is 2.25. The van der Waals surface area contributed by atoms with Gasteiger partial charge in [0, 0.05) is 57.6 Å². The van der Waals surface area contributed by atoms with Gasteiger partial charge in [0.15, 0.2) is 5.96 Å². The first kappa shape index (κ1) is 23.8. The summed E-state index contributed by atoms with van der Waals surface area (Å²) >= 11 is 1.86. The molecule has 6 nitrogen and oxygen atoms in total. The number of hydrogen-bond donors (Lipinski definition) is 1. The van der Waals surface area contributed by atoms with E-state index in [0.717, 1.165) is 64.6 Å². The Kier molecular flexibility index (Phi) is 10.6. The fraction of sp³-hybridized carbons (Fsp3) is 0.889.